The van der Waals surface area contributed by atoms with Gasteiger partial charge in [-0.3, -0.25) is 4.99 Å². The van der Waals surface area contributed by atoms with Gasteiger partial charge in [0.1, 0.15) is 9.84 Å². The predicted octanol–water partition coefficient (Wildman–Crippen LogP) is 1.41. The van der Waals surface area contributed by atoms with Gasteiger partial charge in [-0.05, 0) is 38.5 Å². The van der Waals surface area contributed by atoms with Gasteiger partial charge in [-0.25, -0.2) is 8.42 Å². The van der Waals surface area contributed by atoms with E-state index in [0.29, 0.717) is 12.4 Å². The van der Waals surface area contributed by atoms with E-state index < -0.39 is 9.84 Å². The van der Waals surface area contributed by atoms with Crippen LogP contribution in [0.15, 0.2) is 4.99 Å². The molecule has 6 nitrogen and oxygen atoms in total. The maximum Gasteiger partial charge on any atom is 0.191 e. The lowest BCUT2D eigenvalue weighted by atomic mass is 10.3. The number of sulfone groups is 1. The number of rotatable bonds is 10. The third-order valence-electron chi connectivity index (χ3n) is 3.34. The smallest absolute Gasteiger partial charge is 0.191 e. The third-order valence-corrected chi connectivity index (χ3v) is 4.31. The average molecular weight is 447 g/mol. The molecule has 2 N–H and O–H groups in total. The minimum Gasteiger partial charge on any atom is -0.381 e. The van der Waals surface area contributed by atoms with Gasteiger partial charge in [0.25, 0.3) is 0 Å². The molecule has 1 atom stereocenters. The maximum atomic E-state index is 11.1. The van der Waals surface area contributed by atoms with Crippen molar-refractivity contribution in [1.29, 1.82) is 0 Å². The zero-order chi connectivity index (χ0) is 15.7. The van der Waals surface area contributed by atoms with Crippen LogP contribution in [0, 0.1) is 5.92 Å². The molecule has 1 saturated carbocycles. The van der Waals surface area contributed by atoms with Crippen LogP contribution in [0.2, 0.25) is 0 Å². The van der Waals surface area contributed by atoms with Crippen LogP contribution >= 0.6 is 24.0 Å². The lowest BCUT2D eigenvalue weighted by molar-refractivity contribution is 0.123. The molecule has 1 rings (SSSR count). The number of nitrogens with one attached hydrogen (secondary N) is 2. The summed E-state index contributed by atoms with van der Waals surface area (Å²) in [5.74, 6) is 1.70. The van der Waals surface area contributed by atoms with Crippen LogP contribution in [0.5, 0.6) is 0 Å². The molecule has 1 fully saturated rings. The summed E-state index contributed by atoms with van der Waals surface area (Å²) >= 11 is 0. The summed E-state index contributed by atoms with van der Waals surface area (Å²) in [7, 11) is -1.20. The Hall–Kier alpha value is -0.0900. The Bertz CT molecular complexity index is 425. The van der Waals surface area contributed by atoms with Gasteiger partial charge in [-0.1, -0.05) is 0 Å². The quantitative estimate of drug-likeness (QED) is 0.229. The molecule has 0 aromatic heterocycles. The van der Waals surface area contributed by atoms with Crippen LogP contribution < -0.4 is 10.6 Å². The Morgan fingerprint density at radius 2 is 2.09 bits per heavy atom. The largest absolute Gasteiger partial charge is 0.381 e. The van der Waals surface area contributed by atoms with Crippen molar-refractivity contribution in [2.75, 3.05) is 38.8 Å². The van der Waals surface area contributed by atoms with Crippen LogP contribution in [0.3, 0.4) is 0 Å². The van der Waals surface area contributed by atoms with E-state index in [2.05, 4.69) is 15.6 Å². The predicted molar refractivity (Wildman–Crippen MR) is 102 cm³/mol. The summed E-state index contributed by atoms with van der Waals surface area (Å²) in [5, 5.41) is 6.40. The second-order valence-corrected chi connectivity index (χ2v) is 8.09. The number of aliphatic imine (C=N–C) groups is 1. The van der Waals surface area contributed by atoms with Crippen molar-refractivity contribution in [2.45, 2.75) is 38.6 Å². The first-order chi connectivity index (χ1) is 9.90. The third kappa shape index (κ3) is 12.5. The van der Waals surface area contributed by atoms with Crippen LogP contribution in [0.4, 0.5) is 0 Å². The molecule has 0 aromatic rings. The lowest BCUT2D eigenvalue weighted by Crippen LogP contribution is -2.43. The molecule has 0 radical (unpaired) electrons. The van der Waals surface area contributed by atoms with Gasteiger partial charge < -0.3 is 15.4 Å². The highest BCUT2D eigenvalue weighted by Gasteiger charge is 2.20. The molecule has 132 valence electrons. The molecule has 8 heteroatoms. The van der Waals surface area contributed by atoms with Gasteiger partial charge >= 0.3 is 0 Å². The van der Waals surface area contributed by atoms with Gasteiger partial charge in [-0.15, -0.1) is 24.0 Å². The molecule has 22 heavy (non-hydrogen) atoms. The molecular formula is C14H30IN3O3S. The van der Waals surface area contributed by atoms with Gasteiger partial charge in [0.15, 0.2) is 5.96 Å². The summed E-state index contributed by atoms with van der Waals surface area (Å²) in [6.45, 7) is 4.42. The highest BCUT2D eigenvalue weighted by molar-refractivity contribution is 14.0. The average Bonchev–Trinajstić information content (AvgIpc) is 3.22. The van der Waals surface area contributed by atoms with Crippen LogP contribution in [0.1, 0.15) is 32.6 Å². The molecule has 0 spiro atoms. The van der Waals surface area contributed by atoms with Crippen molar-refractivity contribution in [3.05, 3.63) is 0 Å². The Labute approximate surface area is 151 Å². The normalized spacial score (nSPS) is 16.8. The first-order valence-corrected chi connectivity index (χ1v) is 9.69. The van der Waals surface area contributed by atoms with Crippen molar-refractivity contribution in [3.63, 3.8) is 0 Å². The highest BCUT2D eigenvalue weighted by Crippen LogP contribution is 2.28. The van der Waals surface area contributed by atoms with Crippen LogP contribution in [-0.2, 0) is 14.6 Å². The highest BCUT2D eigenvalue weighted by atomic mass is 127. The fourth-order valence-electron chi connectivity index (χ4n) is 1.81. The minimum atomic E-state index is -2.91. The van der Waals surface area contributed by atoms with Gasteiger partial charge in [0, 0.05) is 39.1 Å². The molecule has 1 aliphatic rings. The van der Waals surface area contributed by atoms with Crippen molar-refractivity contribution in [1.82, 2.24) is 10.6 Å². The van der Waals surface area contributed by atoms with Gasteiger partial charge in [-0.2, -0.15) is 0 Å². The number of ether oxygens (including phenoxy) is 1. The van der Waals surface area contributed by atoms with E-state index in [1.807, 2.05) is 6.92 Å². The number of hydrogen-bond donors (Lipinski definition) is 2. The minimum absolute atomic E-state index is 0. The number of guanidine groups is 1. The van der Waals surface area contributed by atoms with Crippen LogP contribution in [0.25, 0.3) is 0 Å². The van der Waals surface area contributed by atoms with E-state index in [1.54, 1.807) is 7.05 Å². The zero-order valence-corrected chi connectivity index (χ0v) is 16.9. The summed E-state index contributed by atoms with van der Waals surface area (Å²) < 4.78 is 27.8. The Balaban J connectivity index is 0.00000441. The molecule has 0 heterocycles. The fourth-order valence-corrected chi connectivity index (χ4v) is 2.59. The van der Waals surface area contributed by atoms with E-state index in [-0.39, 0.29) is 35.8 Å². The lowest BCUT2D eigenvalue weighted by Gasteiger charge is -2.17. The molecule has 1 unspecified atom stereocenters. The van der Waals surface area contributed by atoms with E-state index >= 15 is 0 Å². The topological polar surface area (TPSA) is 79.8 Å². The Kier molecular flexibility index (Phi) is 11.4. The second-order valence-electron chi connectivity index (χ2n) is 5.83. The van der Waals surface area contributed by atoms with Crippen molar-refractivity contribution >= 4 is 39.8 Å². The summed E-state index contributed by atoms with van der Waals surface area (Å²) in [6, 6.07) is 0.0667. The summed E-state index contributed by atoms with van der Waals surface area (Å²) in [4.78, 5) is 4.13. The van der Waals surface area contributed by atoms with Crippen molar-refractivity contribution in [3.8, 4) is 0 Å². The fraction of sp³-hybridized carbons (Fsp3) is 0.929. The second kappa shape index (κ2) is 11.4. The SMILES string of the molecule is CN=C(NCCCOCC1CC1)NC(C)CCS(C)(=O)=O.I. The Morgan fingerprint density at radius 1 is 1.41 bits per heavy atom. The summed E-state index contributed by atoms with van der Waals surface area (Å²) in [5.41, 5.74) is 0. The molecule has 1 aliphatic carbocycles. The molecule has 0 bridgehead atoms. The standard InChI is InChI=1S/C14H29N3O3S.HI/c1-12(7-10-21(3,18)19)17-14(15-2)16-8-4-9-20-11-13-5-6-13;/h12-13H,4-11H2,1-3H3,(H2,15,16,17);1H. The number of halogens is 1. The van der Waals surface area contributed by atoms with E-state index in [4.69, 9.17) is 4.74 Å². The van der Waals surface area contributed by atoms with Gasteiger partial charge in [0.05, 0.1) is 5.75 Å². The summed E-state index contributed by atoms with van der Waals surface area (Å²) in [6.07, 6.45) is 5.41. The first-order valence-electron chi connectivity index (χ1n) is 7.63. The Morgan fingerprint density at radius 3 is 2.64 bits per heavy atom. The number of nitrogens with zero attached hydrogens (tertiary/aromatic N) is 1. The van der Waals surface area contributed by atoms with Gasteiger partial charge in [0.2, 0.25) is 0 Å². The number of hydrogen-bond acceptors (Lipinski definition) is 4. The molecule has 0 saturated heterocycles. The first kappa shape index (κ1) is 21.9. The van der Waals surface area contributed by atoms with E-state index in [9.17, 15) is 8.42 Å². The van der Waals surface area contributed by atoms with Crippen LogP contribution in [-0.4, -0.2) is 59.2 Å². The van der Waals surface area contributed by atoms with E-state index in [0.717, 1.165) is 32.1 Å². The van der Waals surface area contributed by atoms with Crippen molar-refractivity contribution in [2.24, 2.45) is 10.9 Å². The maximum absolute atomic E-state index is 11.1. The zero-order valence-electron chi connectivity index (χ0n) is 13.8. The molecule has 0 amide bonds. The molecule has 0 aliphatic heterocycles. The van der Waals surface area contributed by atoms with Crippen molar-refractivity contribution < 1.29 is 13.2 Å². The molecular weight excluding hydrogens is 417 g/mol. The molecule has 0 aromatic carbocycles. The monoisotopic (exact) mass is 447 g/mol. The van der Waals surface area contributed by atoms with E-state index in [1.165, 1.54) is 19.1 Å².